The first-order valence-electron chi connectivity index (χ1n) is 7.98. The Morgan fingerprint density at radius 1 is 1.33 bits per heavy atom. The molecular formula is C17H20FN3O2S. The second kappa shape index (κ2) is 7.27. The molecule has 2 heterocycles. The molecule has 0 spiro atoms. The van der Waals surface area contributed by atoms with Crippen molar-refractivity contribution in [3.05, 3.63) is 35.0 Å². The quantitative estimate of drug-likeness (QED) is 0.887. The Hall–Kier alpha value is -1.99. The lowest BCUT2D eigenvalue weighted by atomic mass is 10.0. The second-order valence-electron chi connectivity index (χ2n) is 5.96. The SMILES string of the molecule is CNC(=O)CN1CCC(NC(=O)c2cc3c(F)cccc3s2)CC1. The van der Waals surface area contributed by atoms with Gasteiger partial charge in [0.05, 0.1) is 11.4 Å². The first-order chi connectivity index (χ1) is 11.6. The van der Waals surface area contributed by atoms with Gasteiger partial charge < -0.3 is 10.6 Å². The number of hydrogen-bond acceptors (Lipinski definition) is 4. The zero-order valence-corrected chi connectivity index (χ0v) is 14.3. The third-order valence-electron chi connectivity index (χ3n) is 4.30. The molecule has 1 aliphatic heterocycles. The smallest absolute Gasteiger partial charge is 0.261 e. The van der Waals surface area contributed by atoms with Crippen LogP contribution in [-0.4, -0.2) is 49.4 Å². The van der Waals surface area contributed by atoms with Crippen molar-refractivity contribution < 1.29 is 14.0 Å². The molecule has 1 aromatic carbocycles. The summed E-state index contributed by atoms with van der Waals surface area (Å²) in [7, 11) is 1.63. The molecule has 1 fully saturated rings. The lowest BCUT2D eigenvalue weighted by molar-refractivity contribution is -0.122. The van der Waals surface area contributed by atoms with Gasteiger partial charge in [-0.15, -0.1) is 11.3 Å². The van der Waals surface area contributed by atoms with Crippen molar-refractivity contribution in [1.82, 2.24) is 15.5 Å². The number of likely N-dealkylation sites (N-methyl/N-ethyl adjacent to an activating group) is 1. The number of amides is 2. The molecule has 0 radical (unpaired) electrons. The van der Waals surface area contributed by atoms with Crippen LogP contribution in [0.3, 0.4) is 0 Å². The number of thiophene rings is 1. The van der Waals surface area contributed by atoms with Gasteiger partial charge in [-0.25, -0.2) is 4.39 Å². The highest BCUT2D eigenvalue weighted by molar-refractivity contribution is 7.20. The van der Waals surface area contributed by atoms with Gasteiger partial charge in [0.15, 0.2) is 0 Å². The van der Waals surface area contributed by atoms with E-state index in [1.807, 2.05) is 6.07 Å². The topological polar surface area (TPSA) is 61.4 Å². The first kappa shape index (κ1) is 16.9. The summed E-state index contributed by atoms with van der Waals surface area (Å²) >= 11 is 1.30. The van der Waals surface area contributed by atoms with Crippen LogP contribution < -0.4 is 10.6 Å². The van der Waals surface area contributed by atoms with Gasteiger partial charge in [0, 0.05) is 36.3 Å². The third-order valence-corrected chi connectivity index (χ3v) is 5.40. The van der Waals surface area contributed by atoms with Gasteiger partial charge >= 0.3 is 0 Å². The van der Waals surface area contributed by atoms with Crippen LogP contribution in [-0.2, 0) is 4.79 Å². The maximum absolute atomic E-state index is 13.7. The van der Waals surface area contributed by atoms with Crippen LogP contribution in [0.4, 0.5) is 4.39 Å². The summed E-state index contributed by atoms with van der Waals surface area (Å²) in [5.74, 6) is -0.449. The minimum Gasteiger partial charge on any atom is -0.358 e. The molecule has 0 atom stereocenters. The summed E-state index contributed by atoms with van der Waals surface area (Å²) in [6.45, 7) is 1.95. The minimum absolute atomic E-state index is 0.00443. The van der Waals surface area contributed by atoms with Crippen LogP contribution in [0, 0.1) is 5.82 Å². The predicted molar refractivity (Wildman–Crippen MR) is 92.8 cm³/mol. The molecule has 128 valence electrons. The molecule has 0 unspecified atom stereocenters. The van der Waals surface area contributed by atoms with E-state index in [-0.39, 0.29) is 23.7 Å². The van der Waals surface area contributed by atoms with E-state index in [0.717, 1.165) is 30.6 Å². The molecule has 0 aliphatic carbocycles. The Labute approximate surface area is 143 Å². The maximum Gasteiger partial charge on any atom is 0.261 e. The van der Waals surface area contributed by atoms with Gasteiger partial charge in [0.2, 0.25) is 5.91 Å². The molecule has 1 aromatic heterocycles. The summed E-state index contributed by atoms with van der Waals surface area (Å²) in [6, 6.07) is 6.58. The van der Waals surface area contributed by atoms with Crippen LogP contribution in [0.15, 0.2) is 24.3 Å². The van der Waals surface area contributed by atoms with Gasteiger partial charge in [0.25, 0.3) is 5.91 Å². The van der Waals surface area contributed by atoms with E-state index in [4.69, 9.17) is 0 Å². The molecule has 0 bridgehead atoms. The summed E-state index contributed by atoms with van der Waals surface area (Å²) < 4.78 is 14.5. The number of piperidine rings is 1. The Morgan fingerprint density at radius 3 is 2.75 bits per heavy atom. The number of rotatable bonds is 4. The average molecular weight is 349 g/mol. The fourth-order valence-corrected chi connectivity index (χ4v) is 3.89. The van der Waals surface area contributed by atoms with Gasteiger partial charge in [-0.05, 0) is 31.0 Å². The predicted octanol–water partition coefficient (Wildman–Crippen LogP) is 1.98. The molecule has 0 saturated carbocycles. The van der Waals surface area contributed by atoms with E-state index >= 15 is 0 Å². The van der Waals surface area contributed by atoms with E-state index in [1.165, 1.54) is 17.4 Å². The molecule has 2 amide bonds. The maximum atomic E-state index is 13.7. The summed E-state index contributed by atoms with van der Waals surface area (Å²) in [6.07, 6.45) is 1.62. The highest BCUT2D eigenvalue weighted by Gasteiger charge is 2.23. The van der Waals surface area contributed by atoms with Crippen molar-refractivity contribution in [2.24, 2.45) is 0 Å². The van der Waals surface area contributed by atoms with Gasteiger partial charge in [-0.3, -0.25) is 14.5 Å². The average Bonchev–Trinajstić information content (AvgIpc) is 3.02. The fourth-order valence-electron chi connectivity index (χ4n) is 2.91. The zero-order chi connectivity index (χ0) is 17.1. The molecule has 1 aliphatic rings. The molecule has 2 aromatic rings. The number of benzene rings is 1. The highest BCUT2D eigenvalue weighted by atomic mass is 32.1. The lowest BCUT2D eigenvalue weighted by Crippen LogP contribution is -2.47. The summed E-state index contributed by atoms with van der Waals surface area (Å²) in [5.41, 5.74) is 0. The van der Waals surface area contributed by atoms with Crippen molar-refractivity contribution in [2.45, 2.75) is 18.9 Å². The Morgan fingerprint density at radius 2 is 2.08 bits per heavy atom. The van der Waals surface area contributed by atoms with Gasteiger partial charge in [-0.2, -0.15) is 0 Å². The second-order valence-corrected chi connectivity index (χ2v) is 7.04. The number of fused-ring (bicyclic) bond motifs is 1. The van der Waals surface area contributed by atoms with Crippen molar-refractivity contribution in [2.75, 3.05) is 26.7 Å². The summed E-state index contributed by atoms with van der Waals surface area (Å²) in [4.78, 5) is 26.4. The largest absolute Gasteiger partial charge is 0.358 e. The molecule has 3 rings (SSSR count). The number of halogens is 1. The van der Waals surface area contributed by atoms with Crippen LogP contribution in [0.1, 0.15) is 22.5 Å². The first-order valence-corrected chi connectivity index (χ1v) is 8.80. The standard InChI is InChI=1S/C17H20FN3O2S/c1-19-16(22)10-21-7-5-11(6-8-21)20-17(23)15-9-12-13(18)3-2-4-14(12)24-15/h2-4,9,11H,5-8,10H2,1H3,(H,19,22)(H,20,23). The normalized spacial score (nSPS) is 16.2. The molecule has 5 nitrogen and oxygen atoms in total. The fraction of sp³-hybridized carbons (Fsp3) is 0.412. The number of carbonyl (C=O) groups excluding carboxylic acids is 2. The van der Waals surface area contributed by atoms with E-state index in [1.54, 1.807) is 19.2 Å². The number of carbonyl (C=O) groups is 2. The van der Waals surface area contributed by atoms with Crippen molar-refractivity contribution in [3.63, 3.8) is 0 Å². The molecule has 1 saturated heterocycles. The highest BCUT2D eigenvalue weighted by Crippen LogP contribution is 2.27. The van der Waals surface area contributed by atoms with Crippen LogP contribution >= 0.6 is 11.3 Å². The van der Waals surface area contributed by atoms with Crippen LogP contribution in [0.5, 0.6) is 0 Å². The Balaban J connectivity index is 1.57. The van der Waals surface area contributed by atoms with Crippen molar-refractivity contribution in [3.8, 4) is 0 Å². The van der Waals surface area contributed by atoms with Crippen molar-refractivity contribution >= 4 is 33.2 Å². The summed E-state index contributed by atoms with van der Waals surface area (Å²) in [5, 5.41) is 6.13. The minimum atomic E-state index is -0.301. The number of hydrogen-bond donors (Lipinski definition) is 2. The molecule has 7 heteroatoms. The lowest BCUT2D eigenvalue weighted by Gasteiger charge is -2.31. The van der Waals surface area contributed by atoms with E-state index in [0.29, 0.717) is 16.8 Å². The zero-order valence-electron chi connectivity index (χ0n) is 13.5. The molecular weight excluding hydrogens is 329 g/mol. The van der Waals surface area contributed by atoms with E-state index in [9.17, 15) is 14.0 Å². The van der Waals surface area contributed by atoms with Gasteiger partial charge in [0.1, 0.15) is 5.82 Å². The Kier molecular flexibility index (Phi) is 5.11. The monoisotopic (exact) mass is 349 g/mol. The van der Waals surface area contributed by atoms with E-state index < -0.39 is 0 Å². The molecule has 24 heavy (non-hydrogen) atoms. The number of likely N-dealkylation sites (tertiary alicyclic amines) is 1. The number of nitrogens with zero attached hydrogens (tertiary/aromatic N) is 1. The molecule has 2 N–H and O–H groups in total. The van der Waals surface area contributed by atoms with Crippen LogP contribution in [0.2, 0.25) is 0 Å². The Bertz CT molecular complexity index is 753. The van der Waals surface area contributed by atoms with Crippen molar-refractivity contribution in [1.29, 1.82) is 0 Å². The van der Waals surface area contributed by atoms with E-state index in [2.05, 4.69) is 15.5 Å². The third kappa shape index (κ3) is 3.73. The van der Waals surface area contributed by atoms with Crippen LogP contribution in [0.25, 0.3) is 10.1 Å². The van der Waals surface area contributed by atoms with Gasteiger partial charge in [-0.1, -0.05) is 6.07 Å². The number of nitrogens with one attached hydrogen (secondary N) is 2.